The number of nitrogens with zero attached hydrogens (tertiary/aromatic N) is 1. The van der Waals surface area contributed by atoms with Crippen molar-refractivity contribution in [2.45, 2.75) is 64.7 Å². The Kier molecular flexibility index (Phi) is 6.36. The Morgan fingerprint density at radius 3 is 2.43 bits per heavy atom. The van der Waals surface area contributed by atoms with Crippen molar-refractivity contribution in [1.82, 2.24) is 0 Å². The number of fused-ring (bicyclic) bond motifs is 1. The van der Waals surface area contributed by atoms with Crippen LogP contribution in [0.4, 0.5) is 5.00 Å². The summed E-state index contributed by atoms with van der Waals surface area (Å²) in [4.78, 5) is 13.7. The van der Waals surface area contributed by atoms with Crippen molar-refractivity contribution in [3.05, 3.63) is 57.5 Å². The third-order valence-electron chi connectivity index (χ3n) is 5.22. The molecule has 1 amide bonds. The lowest BCUT2D eigenvalue weighted by Gasteiger charge is -2.18. The molecule has 0 saturated carbocycles. The lowest BCUT2D eigenvalue weighted by molar-refractivity contribution is -0.111. The summed E-state index contributed by atoms with van der Waals surface area (Å²) in [5.41, 5.74) is 4.19. The van der Waals surface area contributed by atoms with Crippen LogP contribution in [0, 0.1) is 11.3 Å². The molecular formula is C24H28N2OS. The Morgan fingerprint density at radius 1 is 1.11 bits per heavy atom. The fourth-order valence-electron chi connectivity index (χ4n) is 3.55. The van der Waals surface area contributed by atoms with Crippen molar-refractivity contribution in [2.24, 2.45) is 0 Å². The van der Waals surface area contributed by atoms with Crippen molar-refractivity contribution >= 4 is 28.3 Å². The number of thiophene rings is 1. The van der Waals surface area contributed by atoms with Crippen molar-refractivity contribution < 1.29 is 4.79 Å². The Hall–Kier alpha value is -2.38. The first-order valence-corrected chi connectivity index (χ1v) is 10.8. The van der Waals surface area contributed by atoms with Gasteiger partial charge in [0.2, 0.25) is 5.91 Å². The minimum Gasteiger partial charge on any atom is -0.313 e. The molecule has 1 aliphatic carbocycles. The number of hydrogen-bond acceptors (Lipinski definition) is 3. The summed E-state index contributed by atoms with van der Waals surface area (Å²) < 4.78 is 0. The molecule has 146 valence electrons. The highest BCUT2D eigenvalue weighted by molar-refractivity contribution is 7.16. The monoisotopic (exact) mass is 392 g/mol. The van der Waals surface area contributed by atoms with Crippen LogP contribution in [0.15, 0.2) is 30.3 Å². The number of anilines is 1. The molecule has 0 atom stereocenters. The van der Waals surface area contributed by atoms with Gasteiger partial charge in [-0.3, -0.25) is 4.79 Å². The maximum absolute atomic E-state index is 12.4. The third-order valence-corrected chi connectivity index (χ3v) is 6.43. The minimum atomic E-state index is -0.189. The number of aryl methyl sites for hydroxylation is 1. The molecule has 1 aromatic carbocycles. The van der Waals surface area contributed by atoms with Crippen LogP contribution < -0.4 is 5.32 Å². The predicted molar refractivity (Wildman–Crippen MR) is 118 cm³/mol. The largest absolute Gasteiger partial charge is 0.313 e. The van der Waals surface area contributed by atoms with Gasteiger partial charge in [-0.25, -0.2) is 0 Å². The third kappa shape index (κ3) is 4.91. The van der Waals surface area contributed by atoms with Gasteiger partial charge in [-0.2, -0.15) is 5.26 Å². The lowest BCUT2D eigenvalue weighted by Crippen LogP contribution is -2.10. The second-order valence-corrected chi connectivity index (χ2v) is 9.53. The van der Waals surface area contributed by atoms with E-state index in [-0.39, 0.29) is 11.3 Å². The Balaban J connectivity index is 1.72. The first-order chi connectivity index (χ1) is 13.4. The molecule has 2 aromatic rings. The lowest BCUT2D eigenvalue weighted by atomic mass is 9.87. The Morgan fingerprint density at radius 2 is 1.79 bits per heavy atom. The SMILES string of the molecule is CC(C)(C)c1ccc(C=CC(=O)Nc2sc3c(c2C#N)CCCCCC3)cc1. The highest BCUT2D eigenvalue weighted by Crippen LogP contribution is 2.36. The van der Waals surface area contributed by atoms with Crippen molar-refractivity contribution in [2.75, 3.05) is 5.32 Å². The fourth-order valence-corrected chi connectivity index (χ4v) is 4.79. The predicted octanol–water partition coefficient (Wildman–Crippen LogP) is 6.23. The van der Waals surface area contributed by atoms with Crippen molar-refractivity contribution in [3.8, 4) is 6.07 Å². The van der Waals surface area contributed by atoms with Crippen LogP contribution in [0.2, 0.25) is 0 Å². The van der Waals surface area contributed by atoms with E-state index in [0.717, 1.165) is 36.8 Å². The zero-order valence-electron chi connectivity index (χ0n) is 17.0. The first kappa shape index (κ1) is 20.4. The van der Waals surface area contributed by atoms with Gasteiger partial charge in [-0.05, 0) is 53.9 Å². The van der Waals surface area contributed by atoms with Gasteiger partial charge in [0.05, 0.1) is 5.56 Å². The molecule has 0 aliphatic heterocycles. The van der Waals surface area contributed by atoms with Gasteiger partial charge in [0, 0.05) is 11.0 Å². The topological polar surface area (TPSA) is 52.9 Å². The maximum atomic E-state index is 12.4. The minimum absolute atomic E-state index is 0.114. The van der Waals surface area contributed by atoms with E-state index in [4.69, 9.17) is 0 Å². The van der Waals surface area contributed by atoms with E-state index in [2.05, 4.69) is 44.3 Å². The smallest absolute Gasteiger partial charge is 0.249 e. The molecule has 0 radical (unpaired) electrons. The van der Waals surface area contributed by atoms with Crippen LogP contribution in [0.25, 0.3) is 6.08 Å². The van der Waals surface area contributed by atoms with Gasteiger partial charge in [0.25, 0.3) is 0 Å². The van der Waals surface area contributed by atoms with E-state index < -0.39 is 0 Å². The number of carbonyl (C=O) groups is 1. The molecule has 1 N–H and O–H groups in total. The van der Waals surface area contributed by atoms with Crippen LogP contribution in [-0.2, 0) is 23.1 Å². The van der Waals surface area contributed by atoms with Gasteiger partial charge in [-0.1, -0.05) is 57.9 Å². The summed E-state index contributed by atoms with van der Waals surface area (Å²) in [5.74, 6) is -0.189. The van der Waals surface area contributed by atoms with E-state index >= 15 is 0 Å². The summed E-state index contributed by atoms with van der Waals surface area (Å²) in [6.07, 6.45) is 10.1. The van der Waals surface area contributed by atoms with E-state index in [1.807, 2.05) is 18.2 Å². The average molecular weight is 393 g/mol. The molecule has 4 heteroatoms. The summed E-state index contributed by atoms with van der Waals surface area (Å²) in [5, 5.41) is 13.3. The fraction of sp³-hybridized carbons (Fsp3) is 0.417. The van der Waals surface area contributed by atoms with Gasteiger partial charge < -0.3 is 5.32 Å². The summed E-state index contributed by atoms with van der Waals surface area (Å²) >= 11 is 1.58. The molecule has 1 heterocycles. The number of amides is 1. The summed E-state index contributed by atoms with van der Waals surface area (Å²) in [6, 6.07) is 10.6. The number of nitrogens with one attached hydrogen (secondary N) is 1. The van der Waals surface area contributed by atoms with E-state index in [0.29, 0.717) is 10.6 Å². The zero-order chi connectivity index (χ0) is 20.1. The summed E-state index contributed by atoms with van der Waals surface area (Å²) in [6.45, 7) is 6.55. The molecule has 28 heavy (non-hydrogen) atoms. The summed E-state index contributed by atoms with van der Waals surface area (Å²) in [7, 11) is 0. The van der Waals surface area contributed by atoms with Crippen molar-refractivity contribution in [3.63, 3.8) is 0 Å². The van der Waals surface area contributed by atoms with Crippen LogP contribution in [0.3, 0.4) is 0 Å². The highest BCUT2D eigenvalue weighted by atomic mass is 32.1. The molecule has 0 fully saturated rings. The molecule has 1 aromatic heterocycles. The number of benzene rings is 1. The first-order valence-electron chi connectivity index (χ1n) is 10.0. The normalized spacial score (nSPS) is 14.8. The molecule has 1 aliphatic rings. The van der Waals surface area contributed by atoms with Crippen LogP contribution in [0.5, 0.6) is 0 Å². The second kappa shape index (κ2) is 8.75. The number of rotatable bonds is 3. The molecular weight excluding hydrogens is 364 g/mol. The molecule has 0 saturated heterocycles. The number of carbonyl (C=O) groups excluding carboxylic acids is 1. The molecule has 3 rings (SSSR count). The molecule has 3 nitrogen and oxygen atoms in total. The van der Waals surface area contributed by atoms with Gasteiger partial charge in [-0.15, -0.1) is 11.3 Å². The second-order valence-electron chi connectivity index (χ2n) is 8.43. The molecule has 0 unspecified atom stereocenters. The van der Waals surface area contributed by atoms with E-state index in [1.165, 1.54) is 23.3 Å². The van der Waals surface area contributed by atoms with Crippen LogP contribution in [-0.4, -0.2) is 5.91 Å². The van der Waals surface area contributed by atoms with Gasteiger partial charge in [0.15, 0.2) is 0 Å². The zero-order valence-corrected chi connectivity index (χ0v) is 17.8. The standard InChI is InChI=1S/C24H28N2OS/c1-24(2,3)18-13-10-17(11-14-18)12-15-22(27)26-23-20(16-25)19-8-6-4-5-7-9-21(19)28-23/h10-15H,4-9H2,1-3H3,(H,26,27). The molecule has 0 spiro atoms. The Bertz CT molecular complexity index is 908. The van der Waals surface area contributed by atoms with Gasteiger partial charge in [0.1, 0.15) is 11.1 Å². The van der Waals surface area contributed by atoms with Crippen LogP contribution in [0.1, 0.15) is 73.6 Å². The van der Waals surface area contributed by atoms with Crippen LogP contribution >= 0.6 is 11.3 Å². The van der Waals surface area contributed by atoms with Crippen molar-refractivity contribution in [1.29, 1.82) is 5.26 Å². The Labute approximate surface area is 172 Å². The van der Waals surface area contributed by atoms with Gasteiger partial charge >= 0.3 is 0 Å². The van der Waals surface area contributed by atoms with E-state index in [1.54, 1.807) is 17.4 Å². The maximum Gasteiger partial charge on any atom is 0.249 e. The number of hydrogen-bond donors (Lipinski definition) is 1. The molecule has 0 bridgehead atoms. The number of nitriles is 1. The van der Waals surface area contributed by atoms with E-state index in [9.17, 15) is 10.1 Å². The quantitative estimate of drug-likeness (QED) is 0.630. The highest BCUT2D eigenvalue weighted by Gasteiger charge is 2.20. The average Bonchev–Trinajstić information content (AvgIpc) is 2.95.